The van der Waals surface area contributed by atoms with Gasteiger partial charge in [-0.25, -0.2) is 0 Å². The van der Waals surface area contributed by atoms with Crippen LogP contribution in [-0.4, -0.2) is 20.1 Å². The average molecular weight is 879 g/mol. The normalized spacial score (nSPS) is 14.3. The van der Waals surface area contributed by atoms with Gasteiger partial charge in [0.1, 0.15) is 34.5 Å². The van der Waals surface area contributed by atoms with Crippen LogP contribution in [-0.2, 0) is 0 Å². The molecular formula is C60H36B3N3O3. The molecule has 10 aromatic carbocycles. The van der Waals surface area contributed by atoms with Gasteiger partial charge >= 0.3 is 0 Å². The molecule has 0 N–H and O–H groups in total. The average Bonchev–Trinajstić information content (AvgIpc) is 3.41. The lowest BCUT2D eigenvalue weighted by Gasteiger charge is -2.46. The summed E-state index contributed by atoms with van der Waals surface area (Å²) in [5.74, 6) is 5.16. The molecule has 0 fully saturated rings. The van der Waals surface area contributed by atoms with Crippen LogP contribution in [0.4, 0.5) is 51.2 Å². The monoisotopic (exact) mass is 879 g/mol. The molecule has 318 valence electrons. The Labute approximate surface area is 400 Å². The largest absolute Gasteiger partial charge is 0.459 e. The quantitative estimate of drug-likeness (QED) is 0.165. The number of hydrogen-bond acceptors (Lipinski definition) is 6. The molecule has 0 radical (unpaired) electrons. The highest BCUT2D eigenvalue weighted by atomic mass is 16.5. The Hall–Kier alpha value is -8.81. The predicted molar refractivity (Wildman–Crippen MR) is 284 cm³/mol. The molecule has 6 heterocycles. The van der Waals surface area contributed by atoms with Gasteiger partial charge in [0, 0.05) is 62.7 Å². The number of anilines is 9. The van der Waals surface area contributed by atoms with Crippen LogP contribution in [0.25, 0.3) is 0 Å². The summed E-state index contributed by atoms with van der Waals surface area (Å²) >= 11 is 0. The van der Waals surface area contributed by atoms with Crippen molar-refractivity contribution in [1.82, 2.24) is 0 Å². The van der Waals surface area contributed by atoms with E-state index in [1.165, 1.54) is 27.5 Å². The van der Waals surface area contributed by atoms with Crippen molar-refractivity contribution in [2.45, 2.75) is 0 Å². The molecule has 0 atom stereocenters. The summed E-state index contributed by atoms with van der Waals surface area (Å²) < 4.78 is 21.3. The van der Waals surface area contributed by atoms with Gasteiger partial charge in [-0.15, -0.1) is 0 Å². The first-order chi connectivity index (χ1) is 34.3. The molecule has 0 bridgehead atoms. The van der Waals surface area contributed by atoms with Crippen molar-refractivity contribution in [2.75, 3.05) is 14.7 Å². The molecule has 0 saturated carbocycles. The van der Waals surface area contributed by atoms with Crippen LogP contribution in [0.1, 0.15) is 0 Å². The molecule has 0 aliphatic carbocycles. The second-order valence-electron chi connectivity index (χ2n) is 18.6. The molecule has 0 aromatic heterocycles. The third-order valence-corrected chi connectivity index (χ3v) is 15.2. The molecule has 0 unspecified atom stereocenters. The first-order valence-corrected chi connectivity index (χ1v) is 23.8. The Kier molecular flexibility index (Phi) is 7.50. The van der Waals surface area contributed by atoms with E-state index in [2.05, 4.69) is 227 Å². The third kappa shape index (κ3) is 5.03. The zero-order valence-electron chi connectivity index (χ0n) is 37.1. The van der Waals surface area contributed by atoms with Crippen molar-refractivity contribution in [1.29, 1.82) is 0 Å². The van der Waals surface area contributed by atoms with Gasteiger partial charge < -0.3 is 28.9 Å². The maximum absolute atomic E-state index is 7.61. The fourth-order valence-corrected chi connectivity index (χ4v) is 12.5. The van der Waals surface area contributed by atoms with E-state index < -0.39 is 0 Å². The molecule has 6 aliphatic heterocycles. The fourth-order valence-electron chi connectivity index (χ4n) is 12.5. The standard InChI is InChI=1S/C60H36B3N3O3/c1-4-17-37(18-5-1)64-45-25-12-10-23-40(45)61-42-33-34-49-58(60(42)69-52-30-15-28-48(64)57(52)61)63-43-35-44-55(68-54-32-16-31-53-59(54)62(44)41-24-11-13-29-51(41)67-53)36-50(43)66(39-21-8-3-9-22-39)47-27-14-26-46(56(47)63)65(49)38-19-6-2-7-20-38/h1-36H. The molecular weight excluding hydrogens is 843 g/mol. The van der Waals surface area contributed by atoms with Gasteiger partial charge in [-0.1, -0.05) is 121 Å². The maximum Gasteiger partial charge on any atom is 0.260 e. The van der Waals surface area contributed by atoms with E-state index in [0.717, 1.165) is 107 Å². The van der Waals surface area contributed by atoms with Gasteiger partial charge in [-0.05, 0) is 135 Å². The minimum Gasteiger partial charge on any atom is -0.459 e. The van der Waals surface area contributed by atoms with Gasteiger partial charge in [-0.3, -0.25) is 0 Å². The predicted octanol–water partition coefficient (Wildman–Crippen LogP) is 8.90. The summed E-state index contributed by atoms with van der Waals surface area (Å²) in [5, 5.41) is 0. The van der Waals surface area contributed by atoms with E-state index in [9.17, 15) is 0 Å². The zero-order chi connectivity index (χ0) is 44.9. The molecule has 6 aliphatic rings. The van der Waals surface area contributed by atoms with Crippen molar-refractivity contribution < 1.29 is 14.2 Å². The second kappa shape index (κ2) is 13.9. The molecule has 6 nitrogen and oxygen atoms in total. The van der Waals surface area contributed by atoms with Crippen LogP contribution in [0.3, 0.4) is 0 Å². The Morgan fingerprint density at radius 3 is 1.42 bits per heavy atom. The highest BCUT2D eigenvalue weighted by molar-refractivity contribution is 7.04. The van der Waals surface area contributed by atoms with E-state index >= 15 is 0 Å². The Morgan fingerprint density at radius 2 is 0.725 bits per heavy atom. The van der Waals surface area contributed by atoms with Crippen molar-refractivity contribution >= 4 is 120 Å². The lowest BCUT2D eigenvalue weighted by Crippen LogP contribution is -2.66. The van der Waals surface area contributed by atoms with Crippen LogP contribution in [0, 0.1) is 0 Å². The number of hydrogen-bond donors (Lipinski definition) is 0. The van der Waals surface area contributed by atoms with E-state index in [0.29, 0.717) is 0 Å². The molecule has 0 spiro atoms. The van der Waals surface area contributed by atoms with Crippen LogP contribution >= 0.6 is 0 Å². The van der Waals surface area contributed by atoms with E-state index in [-0.39, 0.29) is 20.1 Å². The number of nitrogens with zero attached hydrogens (tertiary/aromatic N) is 3. The van der Waals surface area contributed by atoms with Crippen molar-refractivity contribution in [3.8, 4) is 34.5 Å². The Morgan fingerprint density at radius 1 is 0.246 bits per heavy atom. The number of rotatable bonds is 3. The second-order valence-corrected chi connectivity index (χ2v) is 18.6. The van der Waals surface area contributed by atoms with Gasteiger partial charge in [0.05, 0.1) is 0 Å². The molecule has 69 heavy (non-hydrogen) atoms. The van der Waals surface area contributed by atoms with Crippen LogP contribution < -0.4 is 78.1 Å². The van der Waals surface area contributed by atoms with Crippen molar-refractivity contribution in [3.05, 3.63) is 218 Å². The molecule has 0 saturated heterocycles. The van der Waals surface area contributed by atoms with E-state index in [4.69, 9.17) is 14.2 Å². The first-order valence-electron chi connectivity index (χ1n) is 23.8. The summed E-state index contributed by atoms with van der Waals surface area (Å²) in [6.07, 6.45) is 0. The summed E-state index contributed by atoms with van der Waals surface area (Å²) in [4.78, 5) is 7.30. The van der Waals surface area contributed by atoms with E-state index in [1.54, 1.807) is 0 Å². The molecule has 0 amide bonds. The van der Waals surface area contributed by atoms with E-state index in [1.807, 2.05) is 6.07 Å². The molecule has 9 heteroatoms. The summed E-state index contributed by atoms with van der Waals surface area (Å²) in [5.41, 5.74) is 20.5. The lowest BCUT2D eigenvalue weighted by molar-refractivity contribution is 0.464. The summed E-state index contributed by atoms with van der Waals surface area (Å²) in [6.45, 7) is -0.395. The minimum absolute atomic E-state index is 0.0716. The van der Waals surface area contributed by atoms with Gasteiger partial charge in [0.25, 0.3) is 20.1 Å². The number of benzene rings is 10. The highest BCUT2D eigenvalue weighted by Gasteiger charge is 2.50. The summed E-state index contributed by atoms with van der Waals surface area (Å²) in [7, 11) is 0. The van der Waals surface area contributed by atoms with Crippen molar-refractivity contribution in [2.24, 2.45) is 0 Å². The molecule has 16 rings (SSSR count). The highest BCUT2D eigenvalue weighted by Crippen LogP contribution is 2.48. The smallest absolute Gasteiger partial charge is 0.260 e. The Balaban J connectivity index is 1.00. The topological polar surface area (TPSA) is 37.4 Å². The number of para-hydroxylation sites is 5. The van der Waals surface area contributed by atoms with Gasteiger partial charge in [-0.2, -0.15) is 0 Å². The fraction of sp³-hybridized carbons (Fsp3) is 0. The lowest BCUT2D eigenvalue weighted by atomic mass is 9.29. The third-order valence-electron chi connectivity index (χ3n) is 15.2. The SMILES string of the molecule is c1ccc(N2c3ccccc3B3c4ccc5c(c4Oc4cccc2c43)B2c3cc4c(cc3N(c3ccccc3)c3cccc(c32)N5c2ccccc2)Oc2cccc3c2B4c2ccccc2O3)cc1. The molecule has 10 aromatic rings. The number of fused-ring (bicyclic) bond motifs is 13. The van der Waals surface area contributed by atoms with Crippen LogP contribution in [0.5, 0.6) is 34.5 Å². The Bertz CT molecular complexity index is 3830. The maximum atomic E-state index is 7.61. The van der Waals surface area contributed by atoms with Crippen LogP contribution in [0.2, 0.25) is 0 Å². The minimum atomic E-state index is -0.225. The van der Waals surface area contributed by atoms with Gasteiger partial charge in [0.2, 0.25) is 0 Å². The zero-order valence-corrected chi connectivity index (χ0v) is 37.1. The summed E-state index contributed by atoms with van der Waals surface area (Å²) in [6, 6.07) is 78.7. The van der Waals surface area contributed by atoms with Crippen molar-refractivity contribution in [3.63, 3.8) is 0 Å². The first kappa shape index (κ1) is 37.3. The van der Waals surface area contributed by atoms with Gasteiger partial charge in [0.15, 0.2) is 0 Å². The van der Waals surface area contributed by atoms with Crippen LogP contribution in [0.15, 0.2) is 218 Å². The number of ether oxygens (including phenoxy) is 3.